The van der Waals surface area contributed by atoms with Gasteiger partial charge in [-0.15, -0.1) is 11.8 Å². The number of thioether (sulfide) groups is 1. The van der Waals surface area contributed by atoms with Crippen molar-refractivity contribution in [1.29, 1.82) is 0 Å². The Morgan fingerprint density at radius 2 is 2.12 bits per heavy atom. The molecule has 0 unspecified atom stereocenters. The van der Waals surface area contributed by atoms with Crippen molar-refractivity contribution < 1.29 is 4.74 Å². The Balaban J connectivity index is 2.07. The highest BCUT2D eigenvalue weighted by Crippen LogP contribution is 2.33. The van der Waals surface area contributed by atoms with Gasteiger partial charge in [-0.25, -0.2) is 0 Å². The van der Waals surface area contributed by atoms with Gasteiger partial charge in [-0.1, -0.05) is 11.6 Å². The summed E-state index contributed by atoms with van der Waals surface area (Å²) in [5.41, 5.74) is 6.87. The predicted molar refractivity (Wildman–Crippen MR) is 69.0 cm³/mol. The first kappa shape index (κ1) is 12.2. The second kappa shape index (κ2) is 5.92. The van der Waals surface area contributed by atoms with Gasteiger partial charge in [0.1, 0.15) is 0 Å². The van der Waals surface area contributed by atoms with Gasteiger partial charge in [0.15, 0.2) is 0 Å². The first-order valence-electron chi connectivity index (χ1n) is 5.52. The second-order valence-corrected chi connectivity index (χ2v) is 5.66. The van der Waals surface area contributed by atoms with Crippen LogP contribution in [0.5, 0.6) is 0 Å². The van der Waals surface area contributed by atoms with Gasteiger partial charge in [-0.05, 0) is 36.6 Å². The zero-order chi connectivity index (χ0) is 11.4. The molecule has 88 valence electrons. The maximum absolute atomic E-state index is 5.95. The second-order valence-electron chi connectivity index (χ2n) is 3.89. The lowest BCUT2D eigenvalue weighted by atomic mass is 10.2. The summed E-state index contributed by atoms with van der Waals surface area (Å²) in [4.78, 5) is 1.26. The van der Waals surface area contributed by atoms with Crippen LogP contribution in [0.2, 0.25) is 5.02 Å². The summed E-state index contributed by atoms with van der Waals surface area (Å²) < 4.78 is 5.35. The molecule has 0 aliphatic carbocycles. The lowest BCUT2D eigenvalue weighted by Crippen LogP contribution is -2.17. The Morgan fingerprint density at radius 3 is 2.81 bits per heavy atom. The van der Waals surface area contributed by atoms with E-state index in [1.165, 1.54) is 4.90 Å². The van der Waals surface area contributed by atoms with E-state index < -0.39 is 0 Å². The highest BCUT2D eigenvalue weighted by atomic mass is 35.5. The summed E-state index contributed by atoms with van der Waals surface area (Å²) in [5.74, 6) is 0. The van der Waals surface area contributed by atoms with E-state index >= 15 is 0 Å². The van der Waals surface area contributed by atoms with Gasteiger partial charge >= 0.3 is 0 Å². The minimum atomic E-state index is 0.548. The van der Waals surface area contributed by atoms with Crippen molar-refractivity contribution in [1.82, 2.24) is 0 Å². The number of ether oxygens (including phenoxy) is 1. The zero-order valence-corrected chi connectivity index (χ0v) is 10.7. The molecule has 1 fully saturated rings. The van der Waals surface area contributed by atoms with Crippen LogP contribution in [0, 0.1) is 0 Å². The molecule has 2 N–H and O–H groups in total. The van der Waals surface area contributed by atoms with E-state index in [0.717, 1.165) is 36.6 Å². The predicted octanol–water partition coefficient (Wildman–Crippen LogP) is 3.07. The molecule has 1 saturated heterocycles. The van der Waals surface area contributed by atoms with Crippen LogP contribution in [0.1, 0.15) is 18.4 Å². The number of hydrogen-bond donors (Lipinski definition) is 1. The molecular weight excluding hydrogens is 242 g/mol. The topological polar surface area (TPSA) is 35.2 Å². The molecule has 0 aromatic heterocycles. The lowest BCUT2D eigenvalue weighted by molar-refractivity contribution is 0.100. The number of nitrogens with two attached hydrogens (primary N) is 1. The van der Waals surface area contributed by atoms with Crippen LogP contribution in [-0.2, 0) is 11.3 Å². The SMILES string of the molecule is NCc1cc(Cl)ccc1SC1CCOCC1. The summed E-state index contributed by atoms with van der Waals surface area (Å²) >= 11 is 7.86. The normalized spacial score (nSPS) is 17.6. The third-order valence-electron chi connectivity index (χ3n) is 2.70. The molecule has 2 rings (SSSR count). The van der Waals surface area contributed by atoms with Crippen LogP contribution in [0.3, 0.4) is 0 Å². The van der Waals surface area contributed by atoms with E-state index in [9.17, 15) is 0 Å². The number of rotatable bonds is 3. The van der Waals surface area contributed by atoms with E-state index in [4.69, 9.17) is 22.1 Å². The van der Waals surface area contributed by atoms with E-state index in [2.05, 4.69) is 6.07 Å². The van der Waals surface area contributed by atoms with Gasteiger partial charge in [0, 0.05) is 34.9 Å². The molecule has 1 aliphatic heterocycles. The van der Waals surface area contributed by atoms with E-state index in [0.29, 0.717) is 11.8 Å². The van der Waals surface area contributed by atoms with Gasteiger partial charge < -0.3 is 10.5 Å². The molecule has 2 nitrogen and oxygen atoms in total. The Morgan fingerprint density at radius 1 is 1.38 bits per heavy atom. The number of hydrogen-bond acceptors (Lipinski definition) is 3. The molecule has 0 bridgehead atoms. The molecular formula is C12H16ClNOS. The van der Waals surface area contributed by atoms with Crippen molar-refractivity contribution in [2.24, 2.45) is 5.73 Å². The number of benzene rings is 1. The maximum Gasteiger partial charge on any atom is 0.0476 e. The van der Waals surface area contributed by atoms with Gasteiger partial charge in [-0.2, -0.15) is 0 Å². The minimum absolute atomic E-state index is 0.548. The molecule has 0 saturated carbocycles. The van der Waals surface area contributed by atoms with Crippen molar-refractivity contribution in [2.75, 3.05) is 13.2 Å². The Bertz CT molecular complexity index is 353. The quantitative estimate of drug-likeness (QED) is 0.904. The smallest absolute Gasteiger partial charge is 0.0476 e. The molecule has 4 heteroatoms. The summed E-state index contributed by atoms with van der Waals surface area (Å²) in [6, 6.07) is 5.97. The first-order chi connectivity index (χ1) is 7.79. The Kier molecular flexibility index (Phi) is 4.53. The summed E-state index contributed by atoms with van der Waals surface area (Å²) in [6.45, 7) is 2.30. The van der Waals surface area contributed by atoms with Crippen molar-refractivity contribution in [2.45, 2.75) is 29.5 Å². The van der Waals surface area contributed by atoms with E-state index in [1.807, 2.05) is 23.9 Å². The standard InChI is InChI=1S/C12H16ClNOS/c13-10-1-2-12(9(7-10)8-14)16-11-3-5-15-6-4-11/h1-2,7,11H,3-6,8,14H2. The van der Waals surface area contributed by atoms with Gasteiger partial charge in [0.05, 0.1) is 0 Å². The maximum atomic E-state index is 5.95. The van der Waals surface area contributed by atoms with Crippen LogP contribution in [-0.4, -0.2) is 18.5 Å². The monoisotopic (exact) mass is 257 g/mol. The summed E-state index contributed by atoms with van der Waals surface area (Å²) in [7, 11) is 0. The molecule has 0 spiro atoms. The van der Waals surface area contributed by atoms with Crippen LogP contribution >= 0.6 is 23.4 Å². The first-order valence-corrected chi connectivity index (χ1v) is 6.78. The Labute approximate surface area is 105 Å². The molecule has 1 heterocycles. The molecule has 0 radical (unpaired) electrons. The average molecular weight is 258 g/mol. The van der Waals surface area contributed by atoms with Gasteiger partial charge in [0.25, 0.3) is 0 Å². The average Bonchev–Trinajstić information content (AvgIpc) is 2.33. The van der Waals surface area contributed by atoms with E-state index in [1.54, 1.807) is 0 Å². The molecule has 1 aromatic carbocycles. The molecule has 0 atom stereocenters. The summed E-state index contributed by atoms with van der Waals surface area (Å²) in [5, 5.41) is 1.41. The van der Waals surface area contributed by atoms with Crippen molar-refractivity contribution in [3.05, 3.63) is 28.8 Å². The van der Waals surface area contributed by atoms with Crippen molar-refractivity contribution in [3.63, 3.8) is 0 Å². The highest BCUT2D eigenvalue weighted by Gasteiger charge is 2.16. The van der Waals surface area contributed by atoms with E-state index in [-0.39, 0.29) is 0 Å². The van der Waals surface area contributed by atoms with Crippen molar-refractivity contribution >= 4 is 23.4 Å². The van der Waals surface area contributed by atoms with Gasteiger partial charge in [0.2, 0.25) is 0 Å². The van der Waals surface area contributed by atoms with Crippen LogP contribution < -0.4 is 5.73 Å². The summed E-state index contributed by atoms with van der Waals surface area (Å²) in [6.07, 6.45) is 2.24. The van der Waals surface area contributed by atoms with Crippen LogP contribution in [0.15, 0.2) is 23.1 Å². The Hall–Kier alpha value is -0.220. The van der Waals surface area contributed by atoms with Crippen LogP contribution in [0.25, 0.3) is 0 Å². The molecule has 0 amide bonds. The largest absolute Gasteiger partial charge is 0.381 e. The molecule has 1 aliphatic rings. The highest BCUT2D eigenvalue weighted by molar-refractivity contribution is 8.00. The fraction of sp³-hybridized carbons (Fsp3) is 0.500. The molecule has 16 heavy (non-hydrogen) atoms. The minimum Gasteiger partial charge on any atom is -0.381 e. The fourth-order valence-corrected chi connectivity index (χ4v) is 3.22. The third kappa shape index (κ3) is 3.14. The lowest BCUT2D eigenvalue weighted by Gasteiger charge is -2.22. The van der Waals surface area contributed by atoms with Crippen LogP contribution in [0.4, 0.5) is 0 Å². The van der Waals surface area contributed by atoms with Gasteiger partial charge in [-0.3, -0.25) is 0 Å². The molecule has 1 aromatic rings. The zero-order valence-electron chi connectivity index (χ0n) is 9.12. The van der Waals surface area contributed by atoms with Crippen molar-refractivity contribution in [3.8, 4) is 0 Å². The third-order valence-corrected chi connectivity index (χ3v) is 4.40. The number of halogens is 1. The fourth-order valence-electron chi connectivity index (χ4n) is 1.80.